The van der Waals surface area contributed by atoms with Crippen molar-refractivity contribution in [2.45, 2.75) is 5.92 Å². The predicted molar refractivity (Wildman–Crippen MR) is 76.3 cm³/mol. The van der Waals surface area contributed by atoms with Gasteiger partial charge in [-0.3, -0.25) is 0 Å². The van der Waals surface area contributed by atoms with Crippen LogP contribution in [0.4, 0.5) is 0 Å². The van der Waals surface area contributed by atoms with Gasteiger partial charge in [0, 0.05) is 5.92 Å². The van der Waals surface area contributed by atoms with Crippen molar-refractivity contribution < 1.29 is 9.15 Å². The number of fused-ring (bicyclic) bond motifs is 3. The zero-order valence-electron chi connectivity index (χ0n) is 11.1. The van der Waals surface area contributed by atoms with Gasteiger partial charge in [0.15, 0.2) is 0 Å². The summed E-state index contributed by atoms with van der Waals surface area (Å²) in [5.41, 5.74) is 4.89. The van der Waals surface area contributed by atoms with Gasteiger partial charge in [0.2, 0.25) is 0 Å². The summed E-state index contributed by atoms with van der Waals surface area (Å²) in [6, 6.07) is 16.5. The number of aromatic amines is 1. The molecule has 0 radical (unpaired) electrons. The second-order valence-corrected chi connectivity index (χ2v) is 4.92. The van der Waals surface area contributed by atoms with E-state index < -0.39 is 5.76 Å². The Morgan fingerprint density at radius 1 is 1.05 bits per heavy atom. The average molecular weight is 280 g/mol. The molecule has 0 aliphatic heterocycles. The Hall–Kier alpha value is -2.82. The maximum absolute atomic E-state index is 10.9. The Morgan fingerprint density at radius 2 is 1.67 bits per heavy atom. The minimum absolute atomic E-state index is 0.0261. The van der Waals surface area contributed by atoms with E-state index in [9.17, 15) is 4.79 Å². The molecular formula is C16H12N2O3. The van der Waals surface area contributed by atoms with E-state index in [4.69, 9.17) is 9.15 Å². The Bertz CT molecular complexity index is 805. The van der Waals surface area contributed by atoms with Crippen molar-refractivity contribution in [3.8, 4) is 17.2 Å². The highest BCUT2D eigenvalue weighted by Gasteiger charge is 2.28. The molecule has 5 nitrogen and oxygen atoms in total. The molecule has 1 N–H and O–H groups in total. The van der Waals surface area contributed by atoms with Gasteiger partial charge in [-0.15, -0.1) is 0 Å². The second-order valence-electron chi connectivity index (χ2n) is 4.92. The van der Waals surface area contributed by atoms with Crippen molar-refractivity contribution in [3.63, 3.8) is 0 Å². The average Bonchev–Trinajstić information content (AvgIpc) is 3.07. The van der Waals surface area contributed by atoms with E-state index in [0.717, 1.165) is 0 Å². The fourth-order valence-corrected chi connectivity index (χ4v) is 2.87. The Morgan fingerprint density at radius 3 is 2.24 bits per heavy atom. The highest BCUT2D eigenvalue weighted by atomic mass is 16.6. The molecule has 3 aromatic rings. The summed E-state index contributed by atoms with van der Waals surface area (Å²) in [5, 5.41) is 5.85. The number of H-pyrrole nitrogens is 1. The predicted octanol–water partition coefficient (Wildman–Crippen LogP) is 2.55. The van der Waals surface area contributed by atoms with Gasteiger partial charge in [-0.25, -0.2) is 9.89 Å². The third-order valence-electron chi connectivity index (χ3n) is 3.75. The van der Waals surface area contributed by atoms with Crippen LogP contribution in [0.25, 0.3) is 11.1 Å². The lowest BCUT2D eigenvalue weighted by atomic mass is 9.98. The van der Waals surface area contributed by atoms with Crippen LogP contribution in [0.1, 0.15) is 17.0 Å². The summed E-state index contributed by atoms with van der Waals surface area (Å²) in [7, 11) is 0. The lowest BCUT2D eigenvalue weighted by Crippen LogP contribution is -2.09. The van der Waals surface area contributed by atoms with Crippen molar-refractivity contribution >= 4 is 0 Å². The normalized spacial score (nSPS) is 13.0. The molecule has 0 amide bonds. The molecule has 0 fully saturated rings. The summed E-state index contributed by atoms with van der Waals surface area (Å²) in [4.78, 5) is 10.9. The van der Waals surface area contributed by atoms with Crippen molar-refractivity contribution in [2.24, 2.45) is 0 Å². The van der Waals surface area contributed by atoms with Gasteiger partial charge < -0.3 is 9.15 Å². The molecule has 0 saturated heterocycles. The van der Waals surface area contributed by atoms with E-state index in [1.54, 1.807) is 0 Å². The number of aromatic nitrogens is 2. The van der Waals surface area contributed by atoms with Crippen molar-refractivity contribution in [2.75, 3.05) is 6.61 Å². The first-order valence-electron chi connectivity index (χ1n) is 6.69. The van der Waals surface area contributed by atoms with Gasteiger partial charge in [-0.05, 0) is 22.3 Å². The third kappa shape index (κ3) is 1.94. The summed E-state index contributed by atoms with van der Waals surface area (Å²) in [5.74, 6) is -0.503. The van der Waals surface area contributed by atoms with Crippen molar-refractivity contribution in [1.82, 2.24) is 10.2 Å². The molecule has 1 aliphatic carbocycles. The zero-order valence-corrected chi connectivity index (χ0v) is 11.1. The summed E-state index contributed by atoms with van der Waals surface area (Å²) in [6.07, 6.45) is -0.0261. The quantitative estimate of drug-likeness (QED) is 0.800. The van der Waals surface area contributed by atoms with Crippen LogP contribution in [0.15, 0.2) is 57.7 Å². The van der Waals surface area contributed by atoms with Crippen LogP contribution in [-0.2, 0) is 0 Å². The molecule has 0 saturated carbocycles. The fraction of sp³-hybridized carbons (Fsp3) is 0.125. The molecule has 104 valence electrons. The lowest BCUT2D eigenvalue weighted by molar-refractivity contribution is 0.218. The van der Waals surface area contributed by atoms with Crippen LogP contribution in [0.5, 0.6) is 6.08 Å². The Balaban J connectivity index is 1.70. The molecule has 1 aromatic heterocycles. The summed E-state index contributed by atoms with van der Waals surface area (Å²) in [6.45, 7) is 0.377. The molecular weight excluding hydrogens is 268 g/mol. The molecule has 5 heteroatoms. The van der Waals surface area contributed by atoms with Crippen LogP contribution in [0.3, 0.4) is 0 Å². The number of benzene rings is 2. The van der Waals surface area contributed by atoms with Crippen LogP contribution < -0.4 is 10.5 Å². The van der Waals surface area contributed by atoms with Gasteiger partial charge in [0.05, 0.1) is 0 Å². The Labute approximate surface area is 120 Å². The van der Waals surface area contributed by atoms with Gasteiger partial charge in [0.1, 0.15) is 6.61 Å². The van der Waals surface area contributed by atoms with Gasteiger partial charge in [-0.1, -0.05) is 53.6 Å². The van der Waals surface area contributed by atoms with Gasteiger partial charge >= 0.3 is 11.8 Å². The number of rotatable bonds is 3. The number of ether oxygens (including phenoxy) is 1. The van der Waals surface area contributed by atoms with E-state index >= 15 is 0 Å². The van der Waals surface area contributed by atoms with Crippen molar-refractivity contribution in [3.05, 3.63) is 70.2 Å². The first-order chi connectivity index (χ1) is 10.3. The topological polar surface area (TPSA) is 68.1 Å². The molecule has 0 unspecified atom stereocenters. The second kappa shape index (κ2) is 4.63. The fourth-order valence-electron chi connectivity index (χ4n) is 2.87. The number of nitrogens with one attached hydrogen (secondary N) is 1. The summed E-state index contributed by atoms with van der Waals surface area (Å²) < 4.78 is 10.3. The standard InChI is InChI=1S/C16H12N2O3/c19-15-17-18-16(21-15)20-9-14-12-7-3-1-5-10(12)11-6-2-4-8-13(11)14/h1-8,14H,9H2,(H,17,19). The third-order valence-corrected chi connectivity index (χ3v) is 3.75. The first kappa shape index (κ1) is 12.0. The van der Waals surface area contributed by atoms with Crippen LogP contribution >= 0.6 is 0 Å². The largest absolute Gasteiger partial charge is 0.448 e. The number of hydrogen-bond acceptors (Lipinski definition) is 4. The van der Waals surface area contributed by atoms with Crippen LogP contribution in [0.2, 0.25) is 0 Å². The van der Waals surface area contributed by atoms with Gasteiger partial charge in [0.25, 0.3) is 0 Å². The van der Waals surface area contributed by atoms with Crippen LogP contribution in [0, 0.1) is 0 Å². The highest BCUT2D eigenvalue weighted by Crippen LogP contribution is 2.44. The maximum atomic E-state index is 10.9. The van der Waals surface area contributed by atoms with Crippen LogP contribution in [-0.4, -0.2) is 16.8 Å². The number of hydrogen-bond donors (Lipinski definition) is 1. The molecule has 1 aliphatic rings. The minimum Gasteiger partial charge on any atom is -0.448 e. The molecule has 1 heterocycles. The number of nitrogens with zero attached hydrogens (tertiary/aromatic N) is 1. The molecule has 4 rings (SSSR count). The van der Waals surface area contributed by atoms with E-state index in [2.05, 4.69) is 34.5 Å². The monoisotopic (exact) mass is 280 g/mol. The SMILES string of the molecule is O=c1[nH]nc(OCC2c3ccccc3-c3ccccc32)o1. The molecule has 0 spiro atoms. The van der Waals surface area contributed by atoms with Gasteiger partial charge in [-0.2, -0.15) is 0 Å². The molecule has 0 atom stereocenters. The highest BCUT2D eigenvalue weighted by molar-refractivity contribution is 5.78. The van der Waals surface area contributed by atoms with Crippen molar-refractivity contribution in [1.29, 1.82) is 0 Å². The van der Waals surface area contributed by atoms with E-state index in [0.29, 0.717) is 6.61 Å². The van der Waals surface area contributed by atoms with E-state index in [1.165, 1.54) is 22.3 Å². The van der Waals surface area contributed by atoms with E-state index in [1.807, 2.05) is 24.3 Å². The lowest BCUT2D eigenvalue weighted by Gasteiger charge is -2.12. The maximum Gasteiger partial charge on any atom is 0.436 e. The minimum atomic E-state index is -0.614. The molecule has 0 bridgehead atoms. The molecule has 2 aromatic carbocycles. The first-order valence-corrected chi connectivity index (χ1v) is 6.69. The zero-order chi connectivity index (χ0) is 14.2. The summed E-state index contributed by atoms with van der Waals surface area (Å²) >= 11 is 0. The Kier molecular flexibility index (Phi) is 2.64. The molecule has 21 heavy (non-hydrogen) atoms. The smallest absolute Gasteiger partial charge is 0.436 e. The van der Waals surface area contributed by atoms with E-state index in [-0.39, 0.29) is 12.0 Å².